The van der Waals surface area contributed by atoms with Crippen molar-refractivity contribution < 1.29 is 24.5 Å². The quantitative estimate of drug-likeness (QED) is 0.371. The number of ketones is 1. The van der Waals surface area contributed by atoms with Crippen molar-refractivity contribution in [3.8, 4) is 0 Å². The number of aliphatic hydroxyl groups excluding tert-OH is 1. The lowest BCUT2D eigenvalue weighted by Crippen LogP contribution is -2.67. The van der Waals surface area contributed by atoms with Gasteiger partial charge in [0.2, 0.25) is 0 Å². The number of carboxylic acid groups (broad SMARTS) is 1. The predicted octanol–water partition coefficient (Wildman–Crippen LogP) is 5.93. The number of carboxylic acids is 1. The number of hydrogen-bond acceptors (Lipinski definition) is 4. The Morgan fingerprint density at radius 1 is 1.14 bits per heavy atom. The minimum absolute atomic E-state index is 0.0345. The van der Waals surface area contributed by atoms with Crippen molar-refractivity contribution in [3.05, 3.63) is 11.6 Å². The second-order valence-electron chi connectivity index (χ2n) is 14.2. The molecule has 2 N–H and O–H groups in total. The second-order valence-corrected chi connectivity index (χ2v) is 14.2. The van der Waals surface area contributed by atoms with Crippen LogP contribution in [-0.2, 0) is 14.3 Å². The van der Waals surface area contributed by atoms with Gasteiger partial charge in [0.15, 0.2) is 0 Å². The molecule has 5 nitrogen and oxygen atoms in total. The first-order valence-corrected chi connectivity index (χ1v) is 13.9. The van der Waals surface area contributed by atoms with Crippen LogP contribution in [0.1, 0.15) is 106 Å². The number of Topliss-reactive ketones (excluding diaryl/α,β-unsaturated/α-hetero) is 1. The average Bonchev–Trinajstić information content (AvgIpc) is 3.33. The summed E-state index contributed by atoms with van der Waals surface area (Å²) in [6.45, 7) is 15.6. The van der Waals surface area contributed by atoms with Gasteiger partial charge in [-0.15, -0.1) is 0 Å². The lowest BCUT2D eigenvalue weighted by atomic mass is 9.40. The number of aliphatic hydroxyl groups is 1. The van der Waals surface area contributed by atoms with Gasteiger partial charge in [-0.3, -0.25) is 4.79 Å². The van der Waals surface area contributed by atoms with Gasteiger partial charge in [-0.05, 0) is 86.4 Å². The molecule has 0 unspecified atom stereocenters. The first-order chi connectivity index (χ1) is 16.2. The van der Waals surface area contributed by atoms with E-state index >= 15 is 0 Å². The molecule has 0 aromatic heterocycles. The summed E-state index contributed by atoms with van der Waals surface area (Å²) in [4.78, 5) is 25.4. The molecule has 5 rings (SSSR count). The van der Waals surface area contributed by atoms with Crippen LogP contribution in [-0.4, -0.2) is 39.8 Å². The number of rotatable bonds is 5. The van der Waals surface area contributed by atoms with Crippen LogP contribution in [0.2, 0.25) is 0 Å². The van der Waals surface area contributed by atoms with E-state index in [4.69, 9.17) is 4.74 Å². The van der Waals surface area contributed by atoms with Gasteiger partial charge in [-0.1, -0.05) is 47.6 Å². The van der Waals surface area contributed by atoms with Crippen LogP contribution < -0.4 is 0 Å². The van der Waals surface area contributed by atoms with Crippen molar-refractivity contribution in [1.82, 2.24) is 0 Å². The average molecular weight is 487 g/mol. The molecule has 196 valence electrons. The molecule has 0 aromatic rings. The van der Waals surface area contributed by atoms with Gasteiger partial charge < -0.3 is 14.9 Å². The number of ether oxygens (including phenoxy) is 1. The molecule has 0 radical (unpaired) electrons. The van der Waals surface area contributed by atoms with Gasteiger partial charge in [-0.25, -0.2) is 4.79 Å². The fraction of sp³-hybridized carbons (Fsp3) is 0.867. The van der Waals surface area contributed by atoms with Crippen LogP contribution in [0.5, 0.6) is 0 Å². The van der Waals surface area contributed by atoms with Crippen molar-refractivity contribution in [3.63, 3.8) is 0 Å². The number of fused-ring (bicyclic) bond motifs is 2. The topological polar surface area (TPSA) is 87.1 Å². The van der Waals surface area contributed by atoms with Gasteiger partial charge in [0.25, 0.3) is 0 Å². The van der Waals surface area contributed by atoms with Gasteiger partial charge >= 0.3 is 5.97 Å². The third-order valence-electron chi connectivity index (χ3n) is 13.1. The molecule has 0 bridgehead atoms. The van der Waals surface area contributed by atoms with Crippen molar-refractivity contribution in [1.29, 1.82) is 0 Å². The maximum absolute atomic E-state index is 14.2. The zero-order chi connectivity index (χ0) is 25.8. The van der Waals surface area contributed by atoms with Crippen LogP contribution in [0.15, 0.2) is 11.6 Å². The maximum atomic E-state index is 14.2. The molecular weight excluding hydrogens is 440 g/mol. The summed E-state index contributed by atoms with van der Waals surface area (Å²) in [6.07, 6.45) is 9.40. The summed E-state index contributed by atoms with van der Waals surface area (Å²) in [6, 6.07) is 0. The monoisotopic (exact) mass is 486 g/mol. The Kier molecular flexibility index (Phi) is 5.40. The van der Waals surface area contributed by atoms with Gasteiger partial charge in [0.1, 0.15) is 11.4 Å². The van der Waals surface area contributed by atoms with Crippen molar-refractivity contribution in [2.75, 3.05) is 0 Å². The highest BCUT2D eigenvalue weighted by Crippen LogP contribution is 2.86. The molecule has 9 atom stereocenters. The normalized spacial score (nSPS) is 51.0. The minimum Gasteiger partial charge on any atom is -0.478 e. The zero-order valence-corrected chi connectivity index (χ0v) is 22.9. The minimum atomic E-state index is -0.845. The van der Waals surface area contributed by atoms with E-state index in [2.05, 4.69) is 41.5 Å². The van der Waals surface area contributed by atoms with Crippen molar-refractivity contribution >= 4 is 11.8 Å². The Balaban J connectivity index is 1.52. The van der Waals surface area contributed by atoms with E-state index in [9.17, 15) is 19.8 Å². The number of hydrogen-bond donors (Lipinski definition) is 2. The third kappa shape index (κ3) is 2.73. The lowest BCUT2D eigenvalue weighted by Gasteiger charge is -2.63. The summed E-state index contributed by atoms with van der Waals surface area (Å²) in [5.74, 6) is 0.297. The Bertz CT molecular complexity index is 983. The van der Waals surface area contributed by atoms with E-state index in [1.165, 1.54) is 0 Å². The molecule has 2 spiro atoms. The van der Waals surface area contributed by atoms with Crippen LogP contribution in [0, 0.1) is 38.9 Å². The van der Waals surface area contributed by atoms with Crippen LogP contribution in [0.25, 0.3) is 0 Å². The number of aliphatic carboxylic acids is 1. The Hall–Kier alpha value is -1.20. The molecular formula is C30H46O5. The van der Waals surface area contributed by atoms with Crippen LogP contribution in [0.3, 0.4) is 0 Å². The van der Waals surface area contributed by atoms with E-state index in [0.717, 1.165) is 51.4 Å². The lowest BCUT2D eigenvalue weighted by molar-refractivity contribution is -0.196. The smallest absolute Gasteiger partial charge is 0.330 e. The van der Waals surface area contributed by atoms with Gasteiger partial charge in [0.05, 0.1) is 17.6 Å². The molecule has 1 aliphatic heterocycles. The molecule has 5 fully saturated rings. The second kappa shape index (κ2) is 7.43. The molecule has 1 heterocycles. The number of allylic oxidation sites excluding steroid dienone is 1. The maximum Gasteiger partial charge on any atom is 0.330 e. The third-order valence-corrected chi connectivity index (χ3v) is 13.1. The Labute approximate surface area is 211 Å². The summed E-state index contributed by atoms with van der Waals surface area (Å²) >= 11 is 0. The standard InChI is InChI=1S/C30H46O5/c1-18(24(33)34)9-8-10-19(2)27(6)17-23-30(35-23)28(27,7)15-13-22(32)29(30)16-11-20-25(3,4)21(31)12-14-26(20,29)5/h9,19-21,23,31H,8,10-17H2,1-7H3,(H,33,34)/b18-9+/t19-,20+,21-,23+,26+,27-,28-,29-,30+/m1/s1. The Morgan fingerprint density at radius 2 is 1.83 bits per heavy atom. The largest absolute Gasteiger partial charge is 0.478 e. The molecule has 35 heavy (non-hydrogen) atoms. The van der Waals surface area contributed by atoms with E-state index in [0.29, 0.717) is 29.6 Å². The molecule has 0 amide bonds. The van der Waals surface area contributed by atoms with E-state index in [-0.39, 0.29) is 33.9 Å². The highest BCUT2D eigenvalue weighted by Gasteiger charge is 2.91. The fourth-order valence-electron chi connectivity index (χ4n) is 10.6. The first kappa shape index (κ1) is 25.4. The first-order valence-electron chi connectivity index (χ1n) is 13.9. The number of carbonyl (C=O) groups is 2. The highest BCUT2D eigenvalue weighted by molar-refractivity contribution is 5.90. The molecule has 5 aliphatic rings. The van der Waals surface area contributed by atoms with E-state index in [1.807, 2.05) is 6.08 Å². The molecule has 1 saturated heterocycles. The summed E-state index contributed by atoms with van der Waals surface area (Å²) < 4.78 is 6.81. The van der Waals surface area contributed by atoms with Gasteiger partial charge in [-0.2, -0.15) is 0 Å². The SMILES string of the molecule is C/C(=C\CC[C@@H](C)[C@@]1(C)C[C@@H]2O[C@]23[C@]1(C)CCC(=O)[C@@]31CC[C@H]2C(C)(C)[C@H](O)CC[C@@]21C)C(=O)O. The fourth-order valence-corrected chi connectivity index (χ4v) is 10.6. The summed E-state index contributed by atoms with van der Waals surface area (Å²) in [5.41, 5.74) is -0.857. The molecule has 5 heteroatoms. The zero-order valence-electron chi connectivity index (χ0n) is 22.9. The molecule has 0 aromatic carbocycles. The van der Waals surface area contributed by atoms with Crippen LogP contribution in [0.4, 0.5) is 0 Å². The van der Waals surface area contributed by atoms with Gasteiger partial charge in [0, 0.05) is 17.4 Å². The highest BCUT2D eigenvalue weighted by atomic mass is 16.6. The predicted molar refractivity (Wildman–Crippen MR) is 135 cm³/mol. The van der Waals surface area contributed by atoms with Crippen molar-refractivity contribution in [2.24, 2.45) is 38.9 Å². The Morgan fingerprint density at radius 3 is 2.49 bits per heavy atom. The van der Waals surface area contributed by atoms with E-state index in [1.54, 1.807) is 6.92 Å². The molecule has 4 aliphatic carbocycles. The van der Waals surface area contributed by atoms with Crippen LogP contribution >= 0.6 is 0 Å². The van der Waals surface area contributed by atoms with Crippen molar-refractivity contribution in [2.45, 2.75) is 124 Å². The van der Waals surface area contributed by atoms with E-state index < -0.39 is 17.0 Å². The summed E-state index contributed by atoms with van der Waals surface area (Å²) in [5, 5.41) is 20.1. The number of carbonyl (C=O) groups excluding carboxylic acids is 1. The summed E-state index contributed by atoms with van der Waals surface area (Å²) in [7, 11) is 0. The number of epoxide rings is 1. The molecule has 4 saturated carbocycles.